The third-order valence-corrected chi connectivity index (χ3v) is 3.23. The summed E-state index contributed by atoms with van der Waals surface area (Å²) in [5.41, 5.74) is 8.58. The van der Waals surface area contributed by atoms with Crippen molar-refractivity contribution in [3.05, 3.63) is 17.0 Å². The highest BCUT2D eigenvalue weighted by molar-refractivity contribution is 7.13. The molecule has 0 radical (unpaired) electrons. The van der Waals surface area contributed by atoms with Crippen LogP contribution in [0.25, 0.3) is 10.8 Å². The number of hydrogen-bond acceptors (Lipinski definition) is 6. The molecule has 1 atom stereocenters. The fourth-order valence-electron chi connectivity index (χ4n) is 1.42. The van der Waals surface area contributed by atoms with E-state index in [0.717, 1.165) is 23.4 Å². The Labute approximate surface area is 97.7 Å². The molecular formula is C10H14N4OS. The number of aryl methyl sites for hydroxylation is 1. The van der Waals surface area contributed by atoms with Gasteiger partial charge >= 0.3 is 0 Å². The number of nitrogens with zero attached hydrogens (tertiary/aromatic N) is 3. The molecule has 86 valence electrons. The lowest BCUT2D eigenvalue weighted by atomic mass is 10.2. The molecule has 0 aliphatic carbocycles. The van der Waals surface area contributed by atoms with Crippen molar-refractivity contribution in [2.24, 2.45) is 5.73 Å². The Morgan fingerprint density at radius 1 is 1.56 bits per heavy atom. The quantitative estimate of drug-likeness (QED) is 0.884. The van der Waals surface area contributed by atoms with E-state index < -0.39 is 0 Å². The first-order valence-corrected chi connectivity index (χ1v) is 6.10. The average molecular weight is 238 g/mol. The van der Waals surface area contributed by atoms with E-state index in [2.05, 4.69) is 22.0 Å². The maximum atomic E-state index is 5.91. The van der Waals surface area contributed by atoms with Gasteiger partial charge in [-0.25, -0.2) is 4.98 Å². The third-order valence-electron chi connectivity index (χ3n) is 2.31. The van der Waals surface area contributed by atoms with E-state index in [1.165, 1.54) is 11.3 Å². The van der Waals surface area contributed by atoms with Gasteiger partial charge in [-0.05, 0) is 13.3 Å². The molecule has 0 aliphatic rings. The van der Waals surface area contributed by atoms with Crippen molar-refractivity contribution in [2.75, 3.05) is 0 Å². The van der Waals surface area contributed by atoms with Gasteiger partial charge in [0.15, 0.2) is 5.82 Å². The summed E-state index contributed by atoms with van der Waals surface area (Å²) in [6.45, 7) is 4.00. The lowest BCUT2D eigenvalue weighted by Gasteiger charge is -2.02. The monoisotopic (exact) mass is 238 g/mol. The van der Waals surface area contributed by atoms with Gasteiger partial charge in [-0.15, -0.1) is 11.3 Å². The number of hydrogen-bond donors (Lipinski definition) is 1. The Kier molecular flexibility index (Phi) is 3.31. The fourth-order valence-corrected chi connectivity index (χ4v) is 2.15. The first-order chi connectivity index (χ1) is 7.72. The molecule has 0 fully saturated rings. The second kappa shape index (κ2) is 4.71. The molecule has 2 aromatic rings. The molecule has 1 unspecified atom stereocenters. The number of nitrogens with two attached hydrogens (primary N) is 1. The smallest absolute Gasteiger partial charge is 0.269 e. The average Bonchev–Trinajstić information content (AvgIpc) is 2.86. The van der Waals surface area contributed by atoms with Gasteiger partial charge in [0, 0.05) is 0 Å². The number of thiazole rings is 1. The standard InChI is InChI=1S/C10H14N4OS/c1-3-4-7(11)9-13-10(15-14-9)8-6(2)12-5-16-8/h5,7H,3-4,11H2,1-2H3. The highest BCUT2D eigenvalue weighted by atomic mass is 32.1. The van der Waals surface area contributed by atoms with Crippen LogP contribution >= 0.6 is 11.3 Å². The van der Waals surface area contributed by atoms with Crippen molar-refractivity contribution < 1.29 is 4.52 Å². The van der Waals surface area contributed by atoms with Crippen molar-refractivity contribution in [3.8, 4) is 10.8 Å². The lowest BCUT2D eigenvalue weighted by Crippen LogP contribution is -2.11. The summed E-state index contributed by atoms with van der Waals surface area (Å²) in [7, 11) is 0. The highest BCUT2D eigenvalue weighted by Gasteiger charge is 2.16. The summed E-state index contributed by atoms with van der Waals surface area (Å²) >= 11 is 1.49. The van der Waals surface area contributed by atoms with Gasteiger partial charge < -0.3 is 10.3 Å². The summed E-state index contributed by atoms with van der Waals surface area (Å²) in [4.78, 5) is 9.36. The minimum Gasteiger partial charge on any atom is -0.333 e. The zero-order valence-corrected chi connectivity index (χ0v) is 10.1. The van der Waals surface area contributed by atoms with Crippen molar-refractivity contribution in [1.29, 1.82) is 0 Å². The van der Waals surface area contributed by atoms with E-state index in [4.69, 9.17) is 10.3 Å². The van der Waals surface area contributed by atoms with Gasteiger partial charge in [0.2, 0.25) is 0 Å². The van der Waals surface area contributed by atoms with Crippen LogP contribution in [0.1, 0.15) is 37.3 Å². The number of rotatable bonds is 4. The molecule has 2 aromatic heterocycles. The normalized spacial score (nSPS) is 12.9. The predicted octanol–water partition coefficient (Wildman–Crippen LogP) is 2.30. The molecule has 0 saturated carbocycles. The van der Waals surface area contributed by atoms with Gasteiger partial charge in [0.1, 0.15) is 4.88 Å². The largest absolute Gasteiger partial charge is 0.333 e. The third kappa shape index (κ3) is 2.12. The molecule has 2 rings (SSSR count). The van der Waals surface area contributed by atoms with Crippen molar-refractivity contribution in [2.45, 2.75) is 32.7 Å². The van der Waals surface area contributed by atoms with Crippen molar-refractivity contribution >= 4 is 11.3 Å². The van der Waals surface area contributed by atoms with Crippen LogP contribution in [-0.4, -0.2) is 15.1 Å². The fraction of sp³-hybridized carbons (Fsp3) is 0.500. The van der Waals surface area contributed by atoms with E-state index in [-0.39, 0.29) is 6.04 Å². The Bertz CT molecular complexity index is 465. The lowest BCUT2D eigenvalue weighted by molar-refractivity contribution is 0.414. The Hall–Kier alpha value is -1.27. The molecule has 0 aliphatic heterocycles. The Balaban J connectivity index is 2.23. The predicted molar refractivity (Wildman–Crippen MR) is 62.0 cm³/mol. The molecule has 6 heteroatoms. The van der Waals surface area contributed by atoms with Gasteiger partial charge in [-0.1, -0.05) is 18.5 Å². The van der Waals surface area contributed by atoms with Crippen molar-refractivity contribution in [3.63, 3.8) is 0 Å². The minimum atomic E-state index is -0.143. The number of aromatic nitrogens is 3. The Morgan fingerprint density at radius 2 is 2.38 bits per heavy atom. The molecule has 5 nitrogen and oxygen atoms in total. The molecule has 0 bridgehead atoms. The van der Waals surface area contributed by atoms with E-state index in [1.54, 1.807) is 5.51 Å². The molecule has 16 heavy (non-hydrogen) atoms. The summed E-state index contributed by atoms with van der Waals surface area (Å²) in [6.07, 6.45) is 1.87. The first kappa shape index (κ1) is 11.2. The molecular weight excluding hydrogens is 224 g/mol. The van der Waals surface area contributed by atoms with Crippen LogP contribution in [0.2, 0.25) is 0 Å². The summed E-state index contributed by atoms with van der Waals surface area (Å²) in [5, 5.41) is 3.90. The van der Waals surface area contributed by atoms with Gasteiger partial charge in [-0.2, -0.15) is 4.98 Å². The van der Waals surface area contributed by atoms with Crippen molar-refractivity contribution in [1.82, 2.24) is 15.1 Å². The van der Waals surface area contributed by atoms with Gasteiger partial charge in [0.05, 0.1) is 17.2 Å². The zero-order valence-electron chi connectivity index (χ0n) is 9.30. The summed E-state index contributed by atoms with van der Waals surface area (Å²) in [5.74, 6) is 1.09. The second-order valence-corrected chi connectivity index (χ2v) is 4.47. The molecule has 0 spiro atoms. The molecule has 0 saturated heterocycles. The molecule has 2 N–H and O–H groups in total. The van der Waals surface area contributed by atoms with Crippen LogP contribution in [0.15, 0.2) is 10.0 Å². The van der Waals surface area contributed by atoms with Crippen LogP contribution in [0, 0.1) is 6.92 Å². The molecule has 0 aromatic carbocycles. The molecule has 2 heterocycles. The first-order valence-electron chi connectivity index (χ1n) is 5.22. The maximum Gasteiger partial charge on any atom is 0.269 e. The summed E-state index contributed by atoms with van der Waals surface area (Å²) < 4.78 is 5.19. The van der Waals surface area contributed by atoms with E-state index in [1.807, 2.05) is 6.92 Å². The van der Waals surface area contributed by atoms with Crippen LogP contribution in [0.5, 0.6) is 0 Å². The minimum absolute atomic E-state index is 0.143. The van der Waals surface area contributed by atoms with Crippen LogP contribution in [0.4, 0.5) is 0 Å². The topological polar surface area (TPSA) is 77.8 Å². The molecule has 0 amide bonds. The maximum absolute atomic E-state index is 5.91. The van der Waals surface area contributed by atoms with Crippen LogP contribution < -0.4 is 5.73 Å². The van der Waals surface area contributed by atoms with Gasteiger partial charge in [-0.3, -0.25) is 0 Å². The zero-order chi connectivity index (χ0) is 11.5. The van der Waals surface area contributed by atoms with Crippen LogP contribution in [0.3, 0.4) is 0 Å². The van der Waals surface area contributed by atoms with Gasteiger partial charge in [0.25, 0.3) is 5.89 Å². The van der Waals surface area contributed by atoms with E-state index in [9.17, 15) is 0 Å². The summed E-state index contributed by atoms with van der Waals surface area (Å²) in [6, 6.07) is -0.143. The Morgan fingerprint density at radius 3 is 3.00 bits per heavy atom. The van der Waals surface area contributed by atoms with E-state index >= 15 is 0 Å². The highest BCUT2D eigenvalue weighted by Crippen LogP contribution is 2.26. The SMILES string of the molecule is CCCC(N)c1noc(-c2scnc2C)n1. The second-order valence-electron chi connectivity index (χ2n) is 3.62. The van der Waals surface area contributed by atoms with Crippen LogP contribution in [-0.2, 0) is 0 Å². The van der Waals surface area contributed by atoms with E-state index in [0.29, 0.717) is 11.7 Å².